The smallest absolute Gasteiger partial charge is 0.330 e. The first-order chi connectivity index (χ1) is 11.3. The zero-order valence-corrected chi connectivity index (χ0v) is 14.6. The second kappa shape index (κ2) is 6.90. The lowest BCUT2D eigenvalue weighted by atomic mass is 9.82. The van der Waals surface area contributed by atoms with Gasteiger partial charge in [0.05, 0.1) is 0 Å². The summed E-state index contributed by atoms with van der Waals surface area (Å²) >= 11 is 0. The molecule has 1 aromatic heterocycles. The van der Waals surface area contributed by atoms with Crippen molar-refractivity contribution in [1.82, 2.24) is 9.55 Å². The molecule has 0 aromatic carbocycles. The number of hydrogen-bond acceptors (Lipinski definition) is 6. The van der Waals surface area contributed by atoms with Crippen molar-refractivity contribution in [1.29, 1.82) is 0 Å². The number of ether oxygens (including phenoxy) is 3. The number of carbonyl (C=O) groups excluding carboxylic acids is 1. The summed E-state index contributed by atoms with van der Waals surface area (Å²) in [5.74, 6) is -0.447. The molecule has 1 N–H and O–H groups in total. The second-order valence-electron chi connectivity index (χ2n) is 6.22. The fraction of sp³-hybridized carbons (Fsp3) is 0.688. The SMILES string of the molecule is CC[C@@]1(C(C)C)O[C@@H](n2ccc(=O)[nH]c2=O)[C@H](OC(C)=O)[C@H]1OC. The van der Waals surface area contributed by atoms with Crippen molar-refractivity contribution in [3.63, 3.8) is 0 Å². The van der Waals surface area contributed by atoms with Crippen LogP contribution < -0.4 is 11.2 Å². The summed E-state index contributed by atoms with van der Waals surface area (Å²) in [5, 5.41) is 0. The van der Waals surface area contributed by atoms with Gasteiger partial charge in [0.25, 0.3) is 5.56 Å². The maximum absolute atomic E-state index is 12.2. The van der Waals surface area contributed by atoms with Gasteiger partial charge in [0, 0.05) is 26.3 Å². The van der Waals surface area contributed by atoms with Crippen LogP contribution in [0.2, 0.25) is 0 Å². The number of esters is 1. The number of nitrogens with zero attached hydrogens (tertiary/aromatic N) is 1. The highest BCUT2D eigenvalue weighted by atomic mass is 16.6. The fourth-order valence-corrected chi connectivity index (χ4v) is 3.43. The van der Waals surface area contributed by atoms with Crippen LogP contribution in [0, 0.1) is 5.92 Å². The lowest BCUT2D eigenvalue weighted by molar-refractivity contribution is -0.157. The molecular weight excluding hydrogens is 316 g/mol. The lowest BCUT2D eigenvalue weighted by Crippen LogP contribution is -2.49. The maximum atomic E-state index is 12.2. The minimum absolute atomic E-state index is 0.0500. The van der Waals surface area contributed by atoms with E-state index in [-0.39, 0.29) is 5.92 Å². The number of aromatic nitrogens is 2. The Morgan fingerprint density at radius 2 is 2.12 bits per heavy atom. The van der Waals surface area contributed by atoms with Gasteiger partial charge in [-0.25, -0.2) is 4.79 Å². The monoisotopic (exact) mass is 340 g/mol. The van der Waals surface area contributed by atoms with E-state index in [1.807, 2.05) is 20.8 Å². The van der Waals surface area contributed by atoms with Crippen molar-refractivity contribution in [2.75, 3.05) is 7.11 Å². The van der Waals surface area contributed by atoms with Crippen LogP contribution in [-0.4, -0.2) is 40.4 Å². The minimum atomic E-state index is -0.884. The Bertz CT molecular complexity index is 709. The second-order valence-corrected chi connectivity index (χ2v) is 6.22. The van der Waals surface area contributed by atoms with E-state index in [1.54, 1.807) is 0 Å². The van der Waals surface area contributed by atoms with Gasteiger partial charge in [-0.15, -0.1) is 0 Å². The summed E-state index contributed by atoms with van der Waals surface area (Å²) in [5.41, 5.74) is -1.86. The third kappa shape index (κ3) is 3.03. The van der Waals surface area contributed by atoms with Gasteiger partial charge in [0.2, 0.25) is 0 Å². The molecule has 4 atom stereocenters. The number of hydrogen-bond donors (Lipinski definition) is 1. The average Bonchev–Trinajstić information content (AvgIpc) is 2.81. The van der Waals surface area contributed by atoms with Gasteiger partial charge in [0.1, 0.15) is 11.7 Å². The molecule has 2 heterocycles. The number of methoxy groups -OCH3 is 1. The van der Waals surface area contributed by atoms with Crippen molar-refractivity contribution >= 4 is 5.97 Å². The van der Waals surface area contributed by atoms with Crippen LogP contribution >= 0.6 is 0 Å². The Kier molecular flexibility index (Phi) is 5.29. The molecule has 1 fully saturated rings. The van der Waals surface area contributed by atoms with Gasteiger partial charge in [-0.3, -0.25) is 19.1 Å². The third-order valence-electron chi connectivity index (χ3n) is 4.61. The molecule has 0 saturated carbocycles. The normalized spacial score (nSPS) is 29.8. The van der Waals surface area contributed by atoms with Gasteiger partial charge in [-0.05, 0) is 12.3 Å². The molecule has 24 heavy (non-hydrogen) atoms. The van der Waals surface area contributed by atoms with E-state index >= 15 is 0 Å². The van der Waals surface area contributed by atoms with Crippen molar-refractivity contribution in [2.45, 2.75) is 58.2 Å². The van der Waals surface area contributed by atoms with Crippen LogP contribution in [0.4, 0.5) is 0 Å². The molecule has 0 amide bonds. The van der Waals surface area contributed by atoms with Crippen molar-refractivity contribution in [2.24, 2.45) is 5.92 Å². The van der Waals surface area contributed by atoms with Crippen LogP contribution in [0.25, 0.3) is 0 Å². The lowest BCUT2D eigenvalue weighted by Gasteiger charge is -2.36. The maximum Gasteiger partial charge on any atom is 0.330 e. The summed E-state index contributed by atoms with van der Waals surface area (Å²) in [6.07, 6.45) is -0.296. The van der Waals surface area contributed by atoms with Crippen molar-refractivity contribution < 1.29 is 19.0 Å². The number of carbonyl (C=O) groups is 1. The summed E-state index contributed by atoms with van der Waals surface area (Å²) in [7, 11) is 1.52. The fourth-order valence-electron chi connectivity index (χ4n) is 3.43. The van der Waals surface area contributed by atoms with Gasteiger partial charge < -0.3 is 14.2 Å². The third-order valence-corrected chi connectivity index (χ3v) is 4.61. The Balaban J connectivity index is 2.57. The van der Waals surface area contributed by atoms with E-state index in [2.05, 4.69) is 4.98 Å². The van der Waals surface area contributed by atoms with E-state index in [4.69, 9.17) is 14.2 Å². The minimum Gasteiger partial charge on any atom is -0.455 e. The number of nitrogens with one attached hydrogen (secondary N) is 1. The van der Waals surface area contributed by atoms with Crippen LogP contribution in [0.3, 0.4) is 0 Å². The predicted octanol–water partition coefficient (Wildman–Crippen LogP) is 0.817. The van der Waals surface area contributed by atoms with E-state index < -0.39 is 41.3 Å². The van der Waals surface area contributed by atoms with E-state index in [0.717, 1.165) is 0 Å². The molecule has 0 unspecified atom stereocenters. The van der Waals surface area contributed by atoms with Crippen LogP contribution in [0.5, 0.6) is 0 Å². The highest BCUT2D eigenvalue weighted by Gasteiger charge is 2.58. The summed E-state index contributed by atoms with van der Waals surface area (Å²) in [6.45, 7) is 7.21. The van der Waals surface area contributed by atoms with Gasteiger partial charge in [0.15, 0.2) is 12.3 Å². The zero-order chi connectivity index (χ0) is 18.1. The number of H-pyrrole nitrogens is 1. The zero-order valence-electron chi connectivity index (χ0n) is 14.6. The summed E-state index contributed by atoms with van der Waals surface area (Å²) < 4.78 is 18.5. The van der Waals surface area contributed by atoms with Crippen LogP contribution in [0.15, 0.2) is 21.9 Å². The van der Waals surface area contributed by atoms with E-state index in [1.165, 1.54) is 30.9 Å². The van der Waals surface area contributed by atoms with Gasteiger partial charge in [-0.1, -0.05) is 20.8 Å². The first-order valence-corrected chi connectivity index (χ1v) is 7.96. The highest BCUT2D eigenvalue weighted by Crippen LogP contribution is 2.46. The Labute approximate surface area is 139 Å². The topological polar surface area (TPSA) is 99.6 Å². The molecule has 0 bridgehead atoms. The molecular formula is C16H24N2O6. The van der Waals surface area contributed by atoms with Crippen molar-refractivity contribution in [3.8, 4) is 0 Å². The summed E-state index contributed by atoms with van der Waals surface area (Å²) in [4.78, 5) is 37.2. The number of aromatic amines is 1. The van der Waals surface area contributed by atoms with Gasteiger partial charge >= 0.3 is 11.7 Å². The molecule has 0 radical (unpaired) electrons. The summed E-state index contributed by atoms with van der Waals surface area (Å²) in [6, 6.07) is 1.22. The molecule has 1 aromatic rings. The van der Waals surface area contributed by atoms with E-state index in [9.17, 15) is 14.4 Å². The predicted molar refractivity (Wildman–Crippen MR) is 85.7 cm³/mol. The quantitative estimate of drug-likeness (QED) is 0.797. The largest absolute Gasteiger partial charge is 0.455 e. The van der Waals surface area contributed by atoms with Gasteiger partial charge in [-0.2, -0.15) is 0 Å². The molecule has 1 aliphatic rings. The highest BCUT2D eigenvalue weighted by molar-refractivity contribution is 5.66. The molecule has 134 valence electrons. The van der Waals surface area contributed by atoms with E-state index in [0.29, 0.717) is 6.42 Å². The molecule has 1 saturated heterocycles. The molecule has 8 nitrogen and oxygen atoms in total. The molecule has 0 spiro atoms. The Morgan fingerprint density at radius 3 is 2.58 bits per heavy atom. The van der Waals surface area contributed by atoms with Crippen LogP contribution in [0.1, 0.15) is 40.3 Å². The van der Waals surface area contributed by atoms with Crippen molar-refractivity contribution in [3.05, 3.63) is 33.1 Å². The molecule has 8 heteroatoms. The Morgan fingerprint density at radius 1 is 1.46 bits per heavy atom. The molecule has 0 aliphatic carbocycles. The Hall–Kier alpha value is -1.93. The average molecular weight is 340 g/mol. The standard InChI is InChI=1S/C16H24N2O6/c1-6-16(9(2)3)13(22-5)12(23-10(4)19)14(24-16)18-8-7-11(20)17-15(18)21/h7-9,12-14H,6H2,1-5H3,(H,17,20,21)/t12-,13-,14-,16+/m1/s1. The first kappa shape index (κ1) is 18.4. The number of rotatable bonds is 5. The first-order valence-electron chi connectivity index (χ1n) is 7.96. The van der Waals surface area contributed by atoms with Crippen LogP contribution in [-0.2, 0) is 19.0 Å². The molecule has 2 rings (SSSR count). The molecule has 1 aliphatic heterocycles.